The molecule has 0 aromatic heterocycles. The largest absolute Gasteiger partial charge is 0.383 e. The van der Waals surface area contributed by atoms with Crippen molar-refractivity contribution in [2.24, 2.45) is 5.73 Å². The molecular weight excluding hydrogens is 258 g/mol. The van der Waals surface area contributed by atoms with Crippen LogP contribution in [0.2, 0.25) is 0 Å². The predicted molar refractivity (Wildman–Crippen MR) is 73.5 cm³/mol. The first kappa shape index (κ1) is 11.9. The van der Waals surface area contributed by atoms with Gasteiger partial charge in [-0.2, -0.15) is 4.98 Å². The topological polar surface area (TPSA) is 136 Å². The second-order valence-corrected chi connectivity index (χ2v) is 4.12. The number of nitrogen functional groups attached to an aromatic ring is 1. The van der Waals surface area contributed by atoms with Crippen molar-refractivity contribution in [1.82, 2.24) is 19.9 Å². The third-order valence-corrected chi connectivity index (χ3v) is 2.71. The molecular formula is C12H11N7O. The van der Waals surface area contributed by atoms with E-state index in [1.165, 1.54) is 6.33 Å². The van der Waals surface area contributed by atoms with Crippen molar-refractivity contribution < 1.29 is 4.79 Å². The molecule has 0 aliphatic carbocycles. The second kappa shape index (κ2) is 4.50. The van der Waals surface area contributed by atoms with E-state index in [0.29, 0.717) is 34.5 Å². The van der Waals surface area contributed by atoms with Crippen LogP contribution in [0, 0.1) is 0 Å². The van der Waals surface area contributed by atoms with E-state index in [2.05, 4.69) is 25.3 Å². The second-order valence-electron chi connectivity index (χ2n) is 4.12. The van der Waals surface area contributed by atoms with Crippen LogP contribution >= 0.6 is 0 Å². The number of H-pyrrole nitrogens is 1. The first-order valence-electron chi connectivity index (χ1n) is 5.76. The van der Waals surface area contributed by atoms with Gasteiger partial charge in [-0.3, -0.25) is 4.79 Å². The minimum absolute atomic E-state index is 0.362. The van der Waals surface area contributed by atoms with Gasteiger partial charge in [-0.25, -0.2) is 9.97 Å². The molecule has 0 saturated heterocycles. The SMILES string of the molecule is NC(=O)c1cccc(Nc2nc3ncnc-3c(N)[nH]2)c1. The van der Waals surface area contributed by atoms with Gasteiger partial charge in [0.05, 0.1) is 0 Å². The monoisotopic (exact) mass is 269 g/mol. The molecule has 0 unspecified atom stereocenters. The highest BCUT2D eigenvalue weighted by molar-refractivity contribution is 5.93. The number of anilines is 3. The molecule has 2 aliphatic heterocycles. The third kappa shape index (κ3) is 2.09. The van der Waals surface area contributed by atoms with E-state index in [0.717, 1.165) is 0 Å². The fraction of sp³-hybridized carbons (Fsp3) is 0. The first-order valence-corrected chi connectivity index (χ1v) is 5.76. The van der Waals surface area contributed by atoms with Crippen LogP contribution in [0.3, 0.4) is 0 Å². The molecule has 0 spiro atoms. The van der Waals surface area contributed by atoms with Crippen molar-refractivity contribution in [3.63, 3.8) is 0 Å². The van der Waals surface area contributed by atoms with Gasteiger partial charge in [0.1, 0.15) is 17.8 Å². The molecule has 20 heavy (non-hydrogen) atoms. The number of hydrogen-bond acceptors (Lipinski definition) is 6. The molecule has 2 aliphatic rings. The van der Waals surface area contributed by atoms with Gasteiger partial charge in [0, 0.05) is 11.3 Å². The number of primary amides is 1. The lowest BCUT2D eigenvalue weighted by Gasteiger charge is -2.09. The van der Waals surface area contributed by atoms with Gasteiger partial charge >= 0.3 is 0 Å². The zero-order valence-corrected chi connectivity index (χ0v) is 10.3. The van der Waals surface area contributed by atoms with Crippen molar-refractivity contribution in [1.29, 1.82) is 0 Å². The molecule has 0 bridgehead atoms. The summed E-state index contributed by atoms with van der Waals surface area (Å²) in [5.41, 5.74) is 12.6. The predicted octanol–water partition coefficient (Wildman–Crippen LogP) is 0.729. The zero-order valence-electron chi connectivity index (χ0n) is 10.3. The number of carbonyl (C=O) groups is 1. The number of amides is 1. The Labute approximate surface area is 113 Å². The molecule has 6 N–H and O–H groups in total. The summed E-state index contributed by atoms with van der Waals surface area (Å²) in [6, 6.07) is 6.74. The van der Waals surface area contributed by atoms with Crippen molar-refractivity contribution in [3.05, 3.63) is 36.2 Å². The van der Waals surface area contributed by atoms with E-state index < -0.39 is 5.91 Å². The molecule has 0 fully saturated rings. The highest BCUT2D eigenvalue weighted by atomic mass is 16.1. The fourth-order valence-electron chi connectivity index (χ4n) is 1.80. The van der Waals surface area contributed by atoms with Gasteiger partial charge in [-0.05, 0) is 18.2 Å². The van der Waals surface area contributed by atoms with E-state index in [-0.39, 0.29) is 0 Å². The molecule has 8 nitrogen and oxygen atoms in total. The van der Waals surface area contributed by atoms with Gasteiger partial charge in [0.15, 0.2) is 5.82 Å². The maximum Gasteiger partial charge on any atom is 0.248 e. The number of nitrogens with one attached hydrogen (secondary N) is 2. The van der Waals surface area contributed by atoms with E-state index in [9.17, 15) is 4.79 Å². The van der Waals surface area contributed by atoms with Crippen LogP contribution in [-0.2, 0) is 0 Å². The van der Waals surface area contributed by atoms with E-state index >= 15 is 0 Å². The number of nitrogens with two attached hydrogens (primary N) is 2. The molecule has 1 amide bonds. The van der Waals surface area contributed by atoms with Gasteiger partial charge in [-0.1, -0.05) is 6.07 Å². The van der Waals surface area contributed by atoms with E-state index in [1.54, 1.807) is 24.3 Å². The number of fused-ring (bicyclic) bond motifs is 1. The molecule has 1 aromatic rings. The lowest BCUT2D eigenvalue weighted by molar-refractivity contribution is 0.100. The van der Waals surface area contributed by atoms with E-state index in [4.69, 9.17) is 11.5 Å². The normalized spacial score (nSPS) is 10.6. The molecule has 100 valence electrons. The van der Waals surface area contributed by atoms with Crippen LogP contribution in [0.1, 0.15) is 10.4 Å². The molecule has 3 rings (SSSR count). The fourth-order valence-corrected chi connectivity index (χ4v) is 1.80. The van der Waals surface area contributed by atoms with Gasteiger partial charge in [0.2, 0.25) is 11.9 Å². The molecule has 0 atom stereocenters. The summed E-state index contributed by atoms with van der Waals surface area (Å²) in [4.78, 5) is 26.2. The van der Waals surface area contributed by atoms with Crippen LogP contribution in [0.25, 0.3) is 11.5 Å². The maximum atomic E-state index is 11.1. The summed E-state index contributed by atoms with van der Waals surface area (Å²) < 4.78 is 0. The third-order valence-electron chi connectivity index (χ3n) is 2.71. The van der Waals surface area contributed by atoms with Crippen molar-refractivity contribution >= 4 is 23.4 Å². The van der Waals surface area contributed by atoms with Crippen LogP contribution in [0.5, 0.6) is 0 Å². The molecule has 2 heterocycles. The Balaban J connectivity index is 1.95. The highest BCUT2D eigenvalue weighted by Crippen LogP contribution is 2.23. The Bertz CT molecular complexity index is 751. The summed E-state index contributed by atoms with van der Waals surface area (Å²) in [7, 11) is 0. The number of benzene rings is 1. The number of aromatic nitrogens is 4. The van der Waals surface area contributed by atoms with E-state index in [1.807, 2.05) is 0 Å². The standard InChI is InChI=1S/C12H11N7O/c13-9-8-11(16-5-15-8)19-12(18-9)17-7-3-1-2-6(4-7)10(14)20/h1-5H,(H2,14,20)(H4,13,15,16,17,18,19). The van der Waals surface area contributed by atoms with Crippen LogP contribution < -0.4 is 16.8 Å². The van der Waals surface area contributed by atoms with Crippen molar-refractivity contribution in [3.8, 4) is 11.5 Å². The summed E-state index contributed by atoms with van der Waals surface area (Å²) >= 11 is 0. The minimum atomic E-state index is -0.498. The molecule has 0 radical (unpaired) electrons. The van der Waals surface area contributed by atoms with Crippen molar-refractivity contribution in [2.45, 2.75) is 0 Å². The Morgan fingerprint density at radius 3 is 2.95 bits per heavy atom. The number of aromatic amines is 1. The average molecular weight is 269 g/mol. The Morgan fingerprint density at radius 2 is 2.15 bits per heavy atom. The number of imidazole rings is 1. The smallest absolute Gasteiger partial charge is 0.248 e. The van der Waals surface area contributed by atoms with Crippen LogP contribution in [0.15, 0.2) is 30.6 Å². The number of rotatable bonds is 3. The summed E-state index contributed by atoms with van der Waals surface area (Å²) in [6.07, 6.45) is 1.39. The number of hydrogen-bond donors (Lipinski definition) is 4. The molecule has 0 saturated carbocycles. The summed E-state index contributed by atoms with van der Waals surface area (Å²) in [5.74, 6) is 0.704. The Kier molecular flexibility index (Phi) is 2.68. The highest BCUT2D eigenvalue weighted by Gasteiger charge is 2.13. The lowest BCUT2D eigenvalue weighted by atomic mass is 10.2. The maximum absolute atomic E-state index is 11.1. The minimum Gasteiger partial charge on any atom is -0.383 e. The quantitative estimate of drug-likeness (QED) is 0.553. The Morgan fingerprint density at radius 1 is 1.30 bits per heavy atom. The first-order chi connectivity index (χ1) is 9.63. The van der Waals surface area contributed by atoms with Crippen LogP contribution in [-0.4, -0.2) is 25.8 Å². The van der Waals surface area contributed by atoms with Crippen molar-refractivity contribution in [2.75, 3.05) is 11.1 Å². The lowest BCUT2D eigenvalue weighted by Crippen LogP contribution is -2.11. The van der Waals surface area contributed by atoms with Gasteiger partial charge in [0.25, 0.3) is 0 Å². The zero-order chi connectivity index (χ0) is 14.1. The van der Waals surface area contributed by atoms with Gasteiger partial charge in [-0.15, -0.1) is 0 Å². The molecule has 1 aromatic carbocycles. The number of nitrogens with zero attached hydrogens (tertiary/aromatic N) is 3. The average Bonchev–Trinajstić information content (AvgIpc) is 2.88. The molecule has 8 heteroatoms. The summed E-state index contributed by atoms with van der Waals surface area (Å²) in [5, 5.41) is 3.00. The Hall–Kier alpha value is -3.16. The van der Waals surface area contributed by atoms with Crippen LogP contribution in [0.4, 0.5) is 17.5 Å². The number of carbonyl (C=O) groups excluding carboxylic acids is 1. The summed E-state index contributed by atoms with van der Waals surface area (Å²) in [6.45, 7) is 0. The van der Waals surface area contributed by atoms with Gasteiger partial charge < -0.3 is 21.8 Å².